The Balaban J connectivity index is 2.87. The van der Waals surface area contributed by atoms with Crippen molar-refractivity contribution in [2.45, 2.75) is 6.36 Å². The van der Waals surface area contributed by atoms with Gasteiger partial charge in [0.25, 0.3) is 0 Å². The van der Waals surface area contributed by atoms with Gasteiger partial charge >= 0.3 is 6.36 Å². The number of para-hydroxylation sites is 2. The summed E-state index contributed by atoms with van der Waals surface area (Å²) in [5.41, 5.74) is 0. The molecule has 0 atom stereocenters. The van der Waals surface area contributed by atoms with Crippen LogP contribution in [-0.4, -0.2) is 6.36 Å². The molecule has 0 aliphatic rings. The van der Waals surface area contributed by atoms with Crippen LogP contribution in [0.4, 0.5) is 13.2 Å². The smallest absolute Gasteiger partial charge is 0.424 e. The Morgan fingerprint density at radius 1 is 1.08 bits per heavy atom. The highest BCUT2D eigenvalue weighted by molar-refractivity contribution is 14.1. The summed E-state index contributed by atoms with van der Waals surface area (Å²) in [6.07, 6.45) is -4.69. The summed E-state index contributed by atoms with van der Waals surface area (Å²) < 4.78 is 43.7. The maximum atomic E-state index is 11.8. The lowest BCUT2D eigenvalue weighted by atomic mass is 10.3. The highest BCUT2D eigenvalue weighted by Crippen LogP contribution is 2.32. The van der Waals surface area contributed by atoms with Gasteiger partial charge in [-0.1, -0.05) is 12.1 Å². The Labute approximate surface area is 86.3 Å². The van der Waals surface area contributed by atoms with Crippen LogP contribution in [0.25, 0.3) is 0 Å². The molecule has 0 saturated heterocycles. The zero-order valence-electron chi connectivity index (χ0n) is 6.14. The number of alkyl halides is 3. The van der Waals surface area contributed by atoms with E-state index in [-0.39, 0.29) is 11.5 Å². The Kier molecular flexibility index (Phi) is 3.23. The van der Waals surface area contributed by atoms with Crippen LogP contribution in [0.2, 0.25) is 0 Å². The third-order valence-corrected chi connectivity index (χ3v) is 1.63. The van der Waals surface area contributed by atoms with Gasteiger partial charge in [0.05, 0.1) is 0 Å². The molecular weight excluding hydrogens is 300 g/mol. The van der Waals surface area contributed by atoms with Crippen LogP contribution in [0.5, 0.6) is 11.5 Å². The molecule has 2 nitrogen and oxygen atoms in total. The van der Waals surface area contributed by atoms with Gasteiger partial charge in [-0.2, -0.15) is 0 Å². The number of hydrogen-bond acceptors (Lipinski definition) is 2. The first-order chi connectivity index (χ1) is 6.03. The normalized spacial score (nSPS) is 11.1. The minimum Gasteiger partial charge on any atom is -0.424 e. The second-order valence-electron chi connectivity index (χ2n) is 2.07. The summed E-state index contributed by atoms with van der Waals surface area (Å²) in [6.45, 7) is 0. The first kappa shape index (κ1) is 10.4. The predicted molar refractivity (Wildman–Crippen MR) is 47.8 cm³/mol. The Morgan fingerprint density at radius 3 is 2.08 bits per heavy atom. The molecule has 1 rings (SSSR count). The molecule has 13 heavy (non-hydrogen) atoms. The summed E-state index contributed by atoms with van der Waals surface area (Å²) in [5.74, 6) is -0.301. The molecule has 72 valence electrons. The number of hydrogen-bond donors (Lipinski definition) is 0. The number of halogens is 4. The second kappa shape index (κ2) is 4.03. The molecule has 0 radical (unpaired) electrons. The van der Waals surface area contributed by atoms with E-state index in [1.807, 2.05) is 0 Å². The molecule has 0 aliphatic heterocycles. The van der Waals surface area contributed by atoms with Crippen LogP contribution in [0, 0.1) is 0 Å². The van der Waals surface area contributed by atoms with Crippen LogP contribution >= 0.6 is 23.0 Å². The van der Waals surface area contributed by atoms with E-state index in [1.165, 1.54) is 41.2 Å². The zero-order valence-corrected chi connectivity index (χ0v) is 8.30. The number of ether oxygens (including phenoxy) is 1. The third-order valence-electron chi connectivity index (χ3n) is 1.16. The van der Waals surface area contributed by atoms with Crippen molar-refractivity contribution in [2.75, 3.05) is 0 Å². The molecule has 6 heteroatoms. The lowest BCUT2D eigenvalue weighted by Gasteiger charge is -2.10. The van der Waals surface area contributed by atoms with Crippen molar-refractivity contribution in [1.82, 2.24) is 0 Å². The van der Waals surface area contributed by atoms with Gasteiger partial charge in [-0.15, -0.1) is 13.2 Å². The average Bonchev–Trinajstić information content (AvgIpc) is 2.02. The molecule has 0 fully saturated rings. The van der Waals surface area contributed by atoms with Crippen molar-refractivity contribution in [3.63, 3.8) is 0 Å². The first-order valence-corrected chi connectivity index (χ1v) is 4.04. The Morgan fingerprint density at radius 2 is 1.62 bits per heavy atom. The van der Waals surface area contributed by atoms with Crippen molar-refractivity contribution < 1.29 is 21.0 Å². The second-order valence-corrected chi connectivity index (χ2v) is 2.51. The van der Waals surface area contributed by atoms with Crippen molar-refractivity contribution in [2.24, 2.45) is 0 Å². The lowest BCUT2D eigenvalue weighted by Crippen LogP contribution is -2.17. The highest BCUT2D eigenvalue weighted by atomic mass is 127. The van der Waals surface area contributed by atoms with Gasteiger partial charge in [-0.3, -0.25) is 0 Å². The molecule has 0 aromatic heterocycles. The van der Waals surface area contributed by atoms with Gasteiger partial charge in [0.1, 0.15) is 0 Å². The number of rotatable bonds is 2. The van der Waals surface area contributed by atoms with E-state index in [0.717, 1.165) is 0 Å². The molecule has 0 unspecified atom stereocenters. The summed E-state index contributed by atoms with van der Waals surface area (Å²) in [6, 6.07) is 5.55. The van der Waals surface area contributed by atoms with Gasteiger partial charge in [0.15, 0.2) is 34.5 Å². The van der Waals surface area contributed by atoms with Crippen LogP contribution in [0.1, 0.15) is 0 Å². The number of benzene rings is 1. The van der Waals surface area contributed by atoms with E-state index in [4.69, 9.17) is 0 Å². The monoisotopic (exact) mass is 304 g/mol. The van der Waals surface area contributed by atoms with Gasteiger partial charge in [-0.25, -0.2) is 0 Å². The summed E-state index contributed by atoms with van der Waals surface area (Å²) in [4.78, 5) is 0. The fraction of sp³-hybridized carbons (Fsp3) is 0.143. The fourth-order valence-electron chi connectivity index (χ4n) is 0.723. The zero-order chi connectivity index (χ0) is 9.90. The average molecular weight is 304 g/mol. The molecule has 0 bridgehead atoms. The standard InChI is InChI=1S/C7H4F3IO2/c8-7(9,10)12-5-3-1-2-4-6(5)13-11/h1-4H. The van der Waals surface area contributed by atoms with E-state index in [9.17, 15) is 13.2 Å². The molecule has 1 aromatic carbocycles. The van der Waals surface area contributed by atoms with E-state index in [1.54, 1.807) is 6.07 Å². The van der Waals surface area contributed by atoms with Crippen LogP contribution in [0.3, 0.4) is 0 Å². The summed E-state index contributed by atoms with van der Waals surface area (Å²) in [7, 11) is 0. The maximum Gasteiger partial charge on any atom is 0.573 e. The van der Waals surface area contributed by atoms with E-state index >= 15 is 0 Å². The molecule has 0 N–H and O–H groups in total. The SMILES string of the molecule is FC(F)(F)Oc1ccccc1OI. The van der Waals surface area contributed by atoms with Gasteiger partial charge < -0.3 is 7.80 Å². The first-order valence-electron chi connectivity index (χ1n) is 3.16. The third kappa shape index (κ3) is 3.29. The summed E-state index contributed by atoms with van der Waals surface area (Å²) >= 11 is 1.48. The fourth-order valence-corrected chi connectivity index (χ4v) is 1.09. The van der Waals surface area contributed by atoms with Crippen LogP contribution < -0.4 is 7.80 Å². The predicted octanol–water partition coefficient (Wildman–Crippen LogP) is 3.31. The van der Waals surface area contributed by atoms with E-state index in [0.29, 0.717) is 0 Å². The molecule has 0 heterocycles. The van der Waals surface area contributed by atoms with E-state index in [2.05, 4.69) is 7.80 Å². The Bertz CT molecular complexity index is 287. The quantitative estimate of drug-likeness (QED) is 0.780. The minimum atomic E-state index is -4.69. The molecule has 0 amide bonds. The van der Waals surface area contributed by atoms with Gasteiger partial charge in [0, 0.05) is 0 Å². The molecular formula is C7H4F3IO2. The van der Waals surface area contributed by atoms with Crippen molar-refractivity contribution in [3.8, 4) is 11.5 Å². The van der Waals surface area contributed by atoms with Crippen LogP contribution in [0.15, 0.2) is 24.3 Å². The largest absolute Gasteiger partial charge is 0.573 e. The maximum absolute atomic E-state index is 11.8. The highest BCUT2D eigenvalue weighted by Gasteiger charge is 2.32. The Hall–Kier alpha value is -0.660. The molecule has 0 aliphatic carbocycles. The van der Waals surface area contributed by atoms with Crippen molar-refractivity contribution in [1.29, 1.82) is 0 Å². The molecule has 0 spiro atoms. The van der Waals surface area contributed by atoms with Crippen LogP contribution in [-0.2, 0) is 0 Å². The van der Waals surface area contributed by atoms with Gasteiger partial charge in [0.2, 0.25) is 0 Å². The van der Waals surface area contributed by atoms with Crippen molar-refractivity contribution >= 4 is 23.0 Å². The molecule has 1 aromatic rings. The topological polar surface area (TPSA) is 18.5 Å². The summed E-state index contributed by atoms with van der Waals surface area (Å²) in [5, 5.41) is 0. The van der Waals surface area contributed by atoms with Crippen molar-refractivity contribution in [3.05, 3.63) is 24.3 Å². The minimum absolute atomic E-state index is 0.0421. The molecule has 0 saturated carbocycles. The lowest BCUT2D eigenvalue weighted by molar-refractivity contribution is -0.274. The van der Waals surface area contributed by atoms with E-state index < -0.39 is 6.36 Å². The van der Waals surface area contributed by atoms with Gasteiger partial charge in [-0.05, 0) is 12.1 Å².